The number of carbonyl (C=O) groups excluding carboxylic acids is 4. The van der Waals surface area contributed by atoms with Gasteiger partial charge in [0.15, 0.2) is 0 Å². The van der Waals surface area contributed by atoms with E-state index in [1.54, 1.807) is 30.3 Å². The van der Waals surface area contributed by atoms with E-state index in [0.717, 1.165) is 27.1 Å². The lowest BCUT2D eigenvalue weighted by molar-refractivity contribution is -0.122. The van der Waals surface area contributed by atoms with Crippen molar-refractivity contribution in [1.82, 2.24) is 10.4 Å². The average molecular weight is 494 g/mol. The predicted octanol–water partition coefficient (Wildman–Crippen LogP) is 4.22. The van der Waals surface area contributed by atoms with Gasteiger partial charge in [-0.3, -0.25) is 24.6 Å². The largest absolute Gasteiger partial charge is 0.276 e. The number of amides is 4. The number of anilines is 1. The number of rotatable bonds is 4. The van der Waals surface area contributed by atoms with Gasteiger partial charge in [-0.1, -0.05) is 35.9 Å². The second kappa shape index (κ2) is 9.68. The summed E-state index contributed by atoms with van der Waals surface area (Å²) in [6.07, 6.45) is -0.387. The summed E-state index contributed by atoms with van der Waals surface area (Å²) in [6, 6.07) is 14.9. The van der Waals surface area contributed by atoms with Gasteiger partial charge in [0.05, 0.1) is 17.7 Å². The van der Waals surface area contributed by atoms with E-state index in [1.165, 1.54) is 30.3 Å². The van der Waals surface area contributed by atoms with Crippen LogP contribution in [0.2, 0.25) is 5.02 Å². The first-order valence-electron chi connectivity index (χ1n) is 10.8. The molecule has 1 saturated heterocycles. The van der Waals surface area contributed by atoms with Crippen molar-refractivity contribution in [3.63, 3.8) is 0 Å². The van der Waals surface area contributed by atoms with Gasteiger partial charge in [0.25, 0.3) is 17.7 Å². The van der Waals surface area contributed by atoms with Crippen LogP contribution >= 0.6 is 11.6 Å². The van der Waals surface area contributed by atoms with Gasteiger partial charge in [0, 0.05) is 10.6 Å². The molecule has 0 aromatic heterocycles. The van der Waals surface area contributed by atoms with Crippen LogP contribution in [0.25, 0.3) is 0 Å². The minimum Gasteiger partial charge on any atom is -0.274 e. The highest BCUT2D eigenvalue weighted by atomic mass is 35.5. The van der Waals surface area contributed by atoms with E-state index in [2.05, 4.69) is 5.43 Å². The first-order valence-corrected chi connectivity index (χ1v) is 11.1. The molecule has 3 aromatic carbocycles. The Morgan fingerprint density at radius 1 is 1.00 bits per heavy atom. The summed E-state index contributed by atoms with van der Waals surface area (Å²) in [5, 5.41) is 1.01. The minimum absolute atomic E-state index is 0.117. The first-order chi connectivity index (χ1) is 16.7. The van der Waals surface area contributed by atoms with Gasteiger partial charge >= 0.3 is 0 Å². The van der Waals surface area contributed by atoms with Crippen molar-refractivity contribution in [3.05, 3.63) is 99.8 Å². The molecule has 1 unspecified atom stereocenters. The van der Waals surface area contributed by atoms with Gasteiger partial charge in [-0.2, -0.15) is 0 Å². The lowest BCUT2D eigenvalue weighted by Gasteiger charge is -2.28. The van der Waals surface area contributed by atoms with Crippen molar-refractivity contribution in [1.29, 1.82) is 0 Å². The molecule has 4 amide bonds. The number of hydrogen-bond donors (Lipinski definition) is 1. The van der Waals surface area contributed by atoms with Crippen molar-refractivity contribution in [2.24, 2.45) is 0 Å². The molecule has 1 heterocycles. The van der Waals surface area contributed by atoms with Crippen LogP contribution in [-0.4, -0.2) is 34.7 Å². The Morgan fingerprint density at radius 2 is 1.74 bits per heavy atom. The van der Waals surface area contributed by atoms with E-state index in [4.69, 9.17) is 11.6 Å². The first kappa shape index (κ1) is 24.1. The summed E-state index contributed by atoms with van der Waals surface area (Å²) in [7, 11) is 0. The molecule has 0 saturated carbocycles. The van der Waals surface area contributed by atoms with Gasteiger partial charge in [-0.15, -0.1) is 0 Å². The van der Waals surface area contributed by atoms with Gasteiger partial charge in [-0.25, -0.2) is 14.3 Å². The molecule has 7 nitrogen and oxygen atoms in total. The number of aryl methyl sites for hydroxylation is 2. The normalized spacial score (nSPS) is 15.3. The van der Waals surface area contributed by atoms with Crippen molar-refractivity contribution >= 4 is 40.9 Å². The van der Waals surface area contributed by atoms with Crippen molar-refractivity contribution in [2.75, 3.05) is 4.90 Å². The SMILES string of the molecule is Cc1ccc(N2C(=O)CC(N(NC(=O)c3cccc(Cl)c3)C(=O)c3ccccc3F)C2=O)cc1C. The quantitative estimate of drug-likeness (QED) is 0.435. The predicted molar refractivity (Wildman–Crippen MR) is 128 cm³/mol. The summed E-state index contributed by atoms with van der Waals surface area (Å²) in [5.41, 5.74) is 4.36. The number of hydrogen-bond acceptors (Lipinski definition) is 4. The summed E-state index contributed by atoms with van der Waals surface area (Å²) in [4.78, 5) is 53.5. The maximum absolute atomic E-state index is 14.5. The van der Waals surface area contributed by atoms with Gasteiger partial charge in [-0.05, 0) is 67.4 Å². The van der Waals surface area contributed by atoms with Crippen LogP contribution in [0.3, 0.4) is 0 Å². The second-order valence-electron chi connectivity index (χ2n) is 8.16. The van der Waals surface area contributed by atoms with Crippen LogP contribution in [0, 0.1) is 19.7 Å². The monoisotopic (exact) mass is 493 g/mol. The zero-order valence-electron chi connectivity index (χ0n) is 18.9. The maximum Gasteiger partial charge on any atom is 0.276 e. The number of hydrazine groups is 1. The Kier molecular flexibility index (Phi) is 6.66. The highest BCUT2D eigenvalue weighted by Gasteiger charge is 2.46. The smallest absolute Gasteiger partial charge is 0.274 e. The lowest BCUT2D eigenvalue weighted by atomic mass is 10.1. The van der Waals surface area contributed by atoms with E-state index in [0.29, 0.717) is 5.69 Å². The number of benzene rings is 3. The average Bonchev–Trinajstić information content (AvgIpc) is 3.12. The van der Waals surface area contributed by atoms with E-state index in [9.17, 15) is 23.6 Å². The molecule has 4 rings (SSSR count). The van der Waals surface area contributed by atoms with Gasteiger partial charge in [0.2, 0.25) is 5.91 Å². The zero-order valence-corrected chi connectivity index (χ0v) is 19.7. The van der Waals surface area contributed by atoms with Crippen LogP contribution in [0.1, 0.15) is 38.3 Å². The summed E-state index contributed by atoms with van der Waals surface area (Å²) in [6.45, 7) is 3.75. The van der Waals surface area contributed by atoms with E-state index >= 15 is 0 Å². The molecule has 178 valence electrons. The third-order valence-corrected chi connectivity index (χ3v) is 6.05. The zero-order chi connectivity index (χ0) is 25.3. The fourth-order valence-electron chi connectivity index (χ4n) is 3.79. The number of carbonyl (C=O) groups is 4. The number of halogens is 2. The summed E-state index contributed by atoms with van der Waals surface area (Å²) >= 11 is 5.97. The molecule has 0 spiro atoms. The van der Waals surface area contributed by atoms with Crippen molar-refractivity contribution in [3.8, 4) is 0 Å². The third-order valence-electron chi connectivity index (χ3n) is 5.82. The molecule has 1 atom stereocenters. The van der Waals surface area contributed by atoms with Crippen molar-refractivity contribution < 1.29 is 23.6 Å². The second-order valence-corrected chi connectivity index (χ2v) is 8.60. The number of nitrogens with one attached hydrogen (secondary N) is 1. The molecule has 1 fully saturated rings. The Morgan fingerprint density at radius 3 is 2.43 bits per heavy atom. The third kappa shape index (κ3) is 4.79. The van der Waals surface area contributed by atoms with Crippen molar-refractivity contribution in [2.45, 2.75) is 26.3 Å². The van der Waals surface area contributed by atoms with Gasteiger partial charge in [0.1, 0.15) is 11.9 Å². The van der Waals surface area contributed by atoms with Crippen LogP contribution in [0.15, 0.2) is 66.7 Å². The molecule has 0 bridgehead atoms. The van der Waals surface area contributed by atoms with E-state index in [1.807, 2.05) is 13.8 Å². The van der Waals surface area contributed by atoms with E-state index < -0.39 is 35.5 Å². The molecule has 1 N–H and O–H groups in total. The minimum atomic E-state index is -1.38. The molecule has 1 aliphatic heterocycles. The molecular weight excluding hydrogens is 473 g/mol. The molecule has 0 aliphatic carbocycles. The Labute approximate surface area is 206 Å². The molecule has 0 radical (unpaired) electrons. The van der Waals surface area contributed by atoms with E-state index in [-0.39, 0.29) is 22.6 Å². The lowest BCUT2D eigenvalue weighted by Crippen LogP contribution is -2.54. The molecule has 1 aliphatic rings. The highest BCUT2D eigenvalue weighted by Crippen LogP contribution is 2.28. The Balaban J connectivity index is 1.71. The Hall–Kier alpha value is -4.04. The molecule has 3 aromatic rings. The maximum atomic E-state index is 14.5. The standard InChI is InChI=1S/C26H21ClFN3O4/c1-15-10-11-19(12-16(15)2)30-23(32)14-22(26(30)35)31(25(34)20-8-3-4-9-21(20)28)29-24(33)17-6-5-7-18(27)13-17/h3-13,22H,14H2,1-2H3,(H,29,33). The van der Waals surface area contributed by atoms with Crippen LogP contribution < -0.4 is 10.3 Å². The van der Waals surface area contributed by atoms with Crippen LogP contribution in [0.5, 0.6) is 0 Å². The fraction of sp³-hybridized carbons (Fsp3) is 0.154. The van der Waals surface area contributed by atoms with Gasteiger partial charge < -0.3 is 0 Å². The Bertz CT molecular complexity index is 1360. The highest BCUT2D eigenvalue weighted by molar-refractivity contribution is 6.31. The summed E-state index contributed by atoms with van der Waals surface area (Å²) in [5.74, 6) is -3.81. The topological polar surface area (TPSA) is 86.8 Å². The number of nitrogens with zero attached hydrogens (tertiary/aromatic N) is 2. The van der Waals surface area contributed by atoms with Crippen LogP contribution in [0.4, 0.5) is 10.1 Å². The number of imide groups is 1. The molecule has 35 heavy (non-hydrogen) atoms. The van der Waals surface area contributed by atoms with Crippen LogP contribution in [-0.2, 0) is 9.59 Å². The summed E-state index contributed by atoms with van der Waals surface area (Å²) < 4.78 is 14.5. The molecular formula is C26H21ClFN3O4. The molecule has 9 heteroatoms. The fourth-order valence-corrected chi connectivity index (χ4v) is 3.98.